The van der Waals surface area contributed by atoms with Crippen LogP contribution in [-0.2, 0) is 9.59 Å². The van der Waals surface area contributed by atoms with Crippen LogP contribution in [0.2, 0.25) is 0 Å². The molecule has 1 saturated heterocycles. The van der Waals surface area contributed by atoms with E-state index in [1.807, 2.05) is 19.0 Å². The van der Waals surface area contributed by atoms with Gasteiger partial charge in [-0.2, -0.15) is 0 Å². The molecule has 1 aliphatic rings. The summed E-state index contributed by atoms with van der Waals surface area (Å²) in [5, 5.41) is 22.2. The van der Waals surface area contributed by atoms with E-state index >= 15 is 0 Å². The van der Waals surface area contributed by atoms with E-state index in [1.54, 1.807) is 12.1 Å². The highest BCUT2D eigenvalue weighted by atomic mass is 16.6. The number of carbonyl (C=O) groups is 2. The summed E-state index contributed by atoms with van der Waals surface area (Å²) in [6, 6.07) is 7.40. The Morgan fingerprint density at radius 3 is 2.11 bits per heavy atom. The first-order valence-electron chi connectivity index (χ1n) is 11.1. The lowest BCUT2D eigenvalue weighted by atomic mass is 9.94. The molecule has 192 valence electrons. The summed E-state index contributed by atoms with van der Waals surface area (Å²) >= 11 is 0. The Kier molecular flexibility index (Phi) is 8.15. The number of amides is 1. The number of methoxy groups -OCH3 is 3. The van der Waals surface area contributed by atoms with E-state index in [9.17, 15) is 24.8 Å². The number of carbonyl (C=O) groups excluding carboxylic acids is 2. The maximum Gasteiger partial charge on any atom is 0.295 e. The van der Waals surface area contributed by atoms with Crippen LogP contribution in [-0.4, -0.2) is 80.0 Å². The molecular formula is C25H29N3O8. The van der Waals surface area contributed by atoms with Gasteiger partial charge in [-0.3, -0.25) is 19.7 Å². The lowest BCUT2D eigenvalue weighted by Crippen LogP contribution is -2.32. The summed E-state index contributed by atoms with van der Waals surface area (Å²) in [5.41, 5.74) is 0.339. The van der Waals surface area contributed by atoms with Crippen LogP contribution in [0.1, 0.15) is 23.6 Å². The van der Waals surface area contributed by atoms with Crippen molar-refractivity contribution in [2.75, 3.05) is 48.5 Å². The number of benzene rings is 2. The first-order chi connectivity index (χ1) is 17.1. The second-order valence-corrected chi connectivity index (χ2v) is 8.41. The summed E-state index contributed by atoms with van der Waals surface area (Å²) in [6.07, 6.45) is 0.582. The second kappa shape index (κ2) is 11.1. The lowest BCUT2D eigenvalue weighted by molar-refractivity contribution is -0.384. The van der Waals surface area contributed by atoms with Gasteiger partial charge in [0.25, 0.3) is 17.4 Å². The summed E-state index contributed by atoms with van der Waals surface area (Å²) in [6.45, 7) is 0.925. The van der Waals surface area contributed by atoms with Crippen LogP contribution in [0.5, 0.6) is 17.2 Å². The molecule has 0 radical (unpaired) electrons. The number of aliphatic hydroxyl groups excluding tert-OH is 1. The number of nitro groups is 1. The van der Waals surface area contributed by atoms with Crippen LogP contribution >= 0.6 is 0 Å². The molecule has 1 unspecified atom stereocenters. The molecule has 3 rings (SSSR count). The highest BCUT2D eigenvalue weighted by Crippen LogP contribution is 2.45. The first-order valence-corrected chi connectivity index (χ1v) is 11.1. The molecular weight excluding hydrogens is 470 g/mol. The molecule has 0 bridgehead atoms. The minimum atomic E-state index is -0.948. The fourth-order valence-electron chi connectivity index (χ4n) is 4.17. The largest absolute Gasteiger partial charge is 0.507 e. The van der Waals surface area contributed by atoms with Crippen molar-refractivity contribution in [1.29, 1.82) is 0 Å². The Hall–Kier alpha value is -4.12. The van der Waals surface area contributed by atoms with Crippen molar-refractivity contribution in [1.82, 2.24) is 9.80 Å². The zero-order valence-corrected chi connectivity index (χ0v) is 20.8. The number of hydrogen-bond donors (Lipinski definition) is 1. The molecule has 1 atom stereocenters. The molecule has 0 aromatic heterocycles. The Morgan fingerprint density at radius 2 is 1.64 bits per heavy atom. The number of nitrogens with zero attached hydrogens (tertiary/aromatic N) is 3. The fourth-order valence-corrected chi connectivity index (χ4v) is 4.17. The van der Waals surface area contributed by atoms with Crippen LogP contribution in [0, 0.1) is 10.1 Å². The average molecular weight is 500 g/mol. The number of likely N-dealkylation sites (tertiary alicyclic amines) is 1. The van der Waals surface area contributed by atoms with Crippen LogP contribution in [0.3, 0.4) is 0 Å². The highest BCUT2D eigenvalue weighted by Gasteiger charge is 2.46. The number of ketones is 1. The van der Waals surface area contributed by atoms with Crippen LogP contribution in [0.25, 0.3) is 5.76 Å². The number of ether oxygens (including phenoxy) is 3. The van der Waals surface area contributed by atoms with Gasteiger partial charge in [0, 0.05) is 24.2 Å². The average Bonchev–Trinajstić information content (AvgIpc) is 3.12. The van der Waals surface area contributed by atoms with Gasteiger partial charge in [-0.15, -0.1) is 0 Å². The normalized spacial score (nSPS) is 16.9. The molecule has 1 N–H and O–H groups in total. The van der Waals surface area contributed by atoms with E-state index in [1.165, 1.54) is 50.5 Å². The zero-order chi connectivity index (χ0) is 26.6. The van der Waals surface area contributed by atoms with Crippen LogP contribution in [0.4, 0.5) is 5.69 Å². The molecule has 36 heavy (non-hydrogen) atoms. The van der Waals surface area contributed by atoms with Crippen molar-refractivity contribution in [2.45, 2.75) is 12.5 Å². The van der Waals surface area contributed by atoms with Crippen molar-refractivity contribution in [3.05, 3.63) is 63.2 Å². The monoisotopic (exact) mass is 499 g/mol. The third-order valence-electron chi connectivity index (χ3n) is 5.90. The van der Waals surface area contributed by atoms with Gasteiger partial charge in [-0.05, 0) is 56.9 Å². The van der Waals surface area contributed by atoms with Gasteiger partial charge >= 0.3 is 0 Å². The van der Waals surface area contributed by atoms with Crippen molar-refractivity contribution < 1.29 is 33.8 Å². The molecule has 1 fully saturated rings. The van der Waals surface area contributed by atoms with Crippen molar-refractivity contribution >= 4 is 23.1 Å². The molecule has 1 heterocycles. The summed E-state index contributed by atoms with van der Waals surface area (Å²) in [5.74, 6) is -1.06. The molecule has 1 amide bonds. The topological polar surface area (TPSA) is 132 Å². The van der Waals surface area contributed by atoms with E-state index in [2.05, 4.69) is 0 Å². The van der Waals surface area contributed by atoms with Crippen molar-refractivity contribution in [3.8, 4) is 17.2 Å². The predicted molar refractivity (Wildman–Crippen MR) is 131 cm³/mol. The Labute approximate surface area is 208 Å². The summed E-state index contributed by atoms with van der Waals surface area (Å²) in [7, 11) is 8.17. The number of nitro benzene ring substituents is 1. The number of aliphatic hydroxyl groups is 1. The number of hydrogen-bond acceptors (Lipinski definition) is 9. The van der Waals surface area contributed by atoms with E-state index in [0.717, 1.165) is 0 Å². The van der Waals surface area contributed by atoms with Crippen LogP contribution in [0.15, 0.2) is 42.0 Å². The fraction of sp³-hybridized carbons (Fsp3) is 0.360. The van der Waals surface area contributed by atoms with Crippen molar-refractivity contribution in [3.63, 3.8) is 0 Å². The van der Waals surface area contributed by atoms with Gasteiger partial charge in [0.15, 0.2) is 11.5 Å². The smallest absolute Gasteiger partial charge is 0.295 e. The van der Waals surface area contributed by atoms with E-state index in [4.69, 9.17) is 14.2 Å². The third-order valence-corrected chi connectivity index (χ3v) is 5.90. The van der Waals surface area contributed by atoms with Gasteiger partial charge in [0.2, 0.25) is 5.75 Å². The molecule has 0 aliphatic carbocycles. The predicted octanol–water partition coefficient (Wildman–Crippen LogP) is 2.99. The molecule has 2 aromatic carbocycles. The standard InChI is InChI=1S/C25H29N3O8/c1-26(2)11-6-12-27-21(16-13-18(34-3)24(36-5)19(14-16)35-4)20(23(30)25(27)31)22(29)15-7-9-17(10-8-15)28(32)33/h7-10,13-14,21,29H,6,11-12H2,1-5H3/b22-20+. The lowest BCUT2D eigenvalue weighted by Gasteiger charge is -2.27. The molecule has 2 aromatic rings. The minimum Gasteiger partial charge on any atom is -0.507 e. The van der Waals surface area contributed by atoms with Crippen LogP contribution < -0.4 is 14.2 Å². The Balaban J connectivity index is 2.20. The third kappa shape index (κ3) is 5.10. The number of Topliss-reactive ketones (excluding diaryl/α,β-unsaturated/α-hetero) is 1. The first kappa shape index (κ1) is 26.5. The van der Waals surface area contributed by atoms with Gasteiger partial charge in [0.1, 0.15) is 5.76 Å². The van der Waals surface area contributed by atoms with Gasteiger partial charge < -0.3 is 29.1 Å². The molecule has 0 saturated carbocycles. The summed E-state index contributed by atoms with van der Waals surface area (Å²) < 4.78 is 16.3. The van der Waals surface area contributed by atoms with Gasteiger partial charge in [-0.25, -0.2) is 0 Å². The number of non-ortho nitro benzene ring substituents is 1. The molecule has 1 aliphatic heterocycles. The van der Waals surface area contributed by atoms with Crippen molar-refractivity contribution in [2.24, 2.45) is 0 Å². The van der Waals surface area contributed by atoms with E-state index < -0.39 is 28.4 Å². The minimum absolute atomic E-state index is 0.132. The maximum absolute atomic E-state index is 13.2. The Bertz CT molecular complexity index is 1170. The molecule has 0 spiro atoms. The SMILES string of the molecule is COc1cc(C2/C(=C(\O)c3ccc([N+](=O)[O-])cc3)C(=O)C(=O)N2CCCN(C)C)cc(OC)c1OC. The van der Waals surface area contributed by atoms with Gasteiger partial charge in [0.05, 0.1) is 37.9 Å². The maximum atomic E-state index is 13.2. The Morgan fingerprint density at radius 1 is 1.06 bits per heavy atom. The van der Waals surface area contributed by atoms with E-state index in [0.29, 0.717) is 35.8 Å². The van der Waals surface area contributed by atoms with E-state index in [-0.39, 0.29) is 23.4 Å². The number of rotatable bonds is 10. The zero-order valence-electron chi connectivity index (χ0n) is 20.8. The quantitative estimate of drug-likeness (QED) is 0.172. The molecule has 11 nitrogen and oxygen atoms in total. The molecule has 11 heteroatoms. The highest BCUT2D eigenvalue weighted by molar-refractivity contribution is 6.46. The summed E-state index contributed by atoms with van der Waals surface area (Å²) in [4.78, 5) is 40.2. The second-order valence-electron chi connectivity index (χ2n) is 8.41. The van der Waals surface area contributed by atoms with Gasteiger partial charge in [-0.1, -0.05) is 0 Å².